The van der Waals surface area contributed by atoms with Gasteiger partial charge in [0.1, 0.15) is 12.6 Å². The van der Waals surface area contributed by atoms with Gasteiger partial charge in [0.15, 0.2) is 0 Å². The molecule has 18 heavy (non-hydrogen) atoms. The SMILES string of the molecule is COCC(=O)N[C@H](C(=O)N(C)CC(F)F)C(C)C. The van der Waals surface area contributed by atoms with Gasteiger partial charge >= 0.3 is 0 Å². The van der Waals surface area contributed by atoms with Gasteiger partial charge in [-0.25, -0.2) is 8.78 Å². The Morgan fingerprint density at radius 2 is 1.89 bits per heavy atom. The number of hydrogen-bond donors (Lipinski definition) is 1. The van der Waals surface area contributed by atoms with Crippen molar-refractivity contribution in [2.45, 2.75) is 26.3 Å². The standard InChI is InChI=1S/C11H20F2N2O3/c1-7(2)10(14-9(16)6-18-4)11(17)15(3)5-8(12)13/h7-8,10H,5-6H2,1-4H3,(H,14,16)/t10-/m0/s1. The molecule has 0 aromatic rings. The topological polar surface area (TPSA) is 58.6 Å². The molecule has 0 saturated carbocycles. The van der Waals surface area contributed by atoms with E-state index in [0.29, 0.717) is 0 Å². The van der Waals surface area contributed by atoms with Gasteiger partial charge in [0.05, 0.1) is 6.54 Å². The largest absolute Gasteiger partial charge is 0.375 e. The molecule has 0 unspecified atom stereocenters. The molecule has 1 N–H and O–H groups in total. The van der Waals surface area contributed by atoms with Crippen molar-refractivity contribution in [3.8, 4) is 0 Å². The fourth-order valence-electron chi connectivity index (χ4n) is 1.39. The Balaban J connectivity index is 4.59. The molecule has 0 aliphatic carbocycles. The van der Waals surface area contributed by atoms with Crippen LogP contribution in [0.3, 0.4) is 0 Å². The van der Waals surface area contributed by atoms with E-state index in [4.69, 9.17) is 0 Å². The van der Waals surface area contributed by atoms with Gasteiger partial charge < -0.3 is 15.0 Å². The molecule has 0 heterocycles. The molecule has 0 bridgehead atoms. The summed E-state index contributed by atoms with van der Waals surface area (Å²) in [7, 11) is 2.64. The van der Waals surface area contributed by atoms with Gasteiger partial charge in [0.2, 0.25) is 11.8 Å². The highest BCUT2D eigenvalue weighted by atomic mass is 19.3. The maximum Gasteiger partial charge on any atom is 0.255 e. The smallest absolute Gasteiger partial charge is 0.255 e. The van der Waals surface area contributed by atoms with E-state index in [1.807, 2.05) is 0 Å². The summed E-state index contributed by atoms with van der Waals surface area (Å²) in [6.45, 7) is 2.63. The average molecular weight is 266 g/mol. The summed E-state index contributed by atoms with van der Waals surface area (Å²) in [5.74, 6) is -1.18. The lowest BCUT2D eigenvalue weighted by Crippen LogP contribution is -2.51. The van der Waals surface area contributed by atoms with Crippen LogP contribution in [0.15, 0.2) is 0 Å². The lowest BCUT2D eigenvalue weighted by molar-refractivity contribution is -0.138. The second-order valence-electron chi connectivity index (χ2n) is 4.33. The Labute approximate surface area is 105 Å². The first-order valence-corrected chi connectivity index (χ1v) is 5.61. The summed E-state index contributed by atoms with van der Waals surface area (Å²) >= 11 is 0. The van der Waals surface area contributed by atoms with Crippen molar-refractivity contribution in [2.24, 2.45) is 5.92 Å². The van der Waals surface area contributed by atoms with Crippen molar-refractivity contribution in [1.82, 2.24) is 10.2 Å². The fraction of sp³-hybridized carbons (Fsp3) is 0.818. The number of hydrogen-bond acceptors (Lipinski definition) is 3. The van der Waals surface area contributed by atoms with E-state index in [1.54, 1.807) is 13.8 Å². The van der Waals surface area contributed by atoms with Crippen LogP contribution in [-0.2, 0) is 14.3 Å². The Bertz CT molecular complexity index is 285. The molecule has 5 nitrogen and oxygen atoms in total. The van der Waals surface area contributed by atoms with Gasteiger partial charge in [-0.2, -0.15) is 0 Å². The summed E-state index contributed by atoms with van der Waals surface area (Å²) in [5.41, 5.74) is 0. The minimum Gasteiger partial charge on any atom is -0.375 e. The highest BCUT2D eigenvalue weighted by Gasteiger charge is 2.27. The van der Waals surface area contributed by atoms with Crippen LogP contribution in [-0.4, -0.2) is 56.5 Å². The van der Waals surface area contributed by atoms with Crippen molar-refractivity contribution in [3.05, 3.63) is 0 Å². The monoisotopic (exact) mass is 266 g/mol. The molecule has 2 amide bonds. The Morgan fingerprint density at radius 3 is 2.28 bits per heavy atom. The van der Waals surface area contributed by atoms with Gasteiger partial charge in [-0.15, -0.1) is 0 Å². The van der Waals surface area contributed by atoms with Gasteiger partial charge in [0.25, 0.3) is 6.43 Å². The van der Waals surface area contributed by atoms with E-state index in [1.165, 1.54) is 14.2 Å². The highest BCUT2D eigenvalue weighted by Crippen LogP contribution is 2.07. The predicted octanol–water partition coefficient (Wildman–Crippen LogP) is 0.497. The number of nitrogens with zero attached hydrogens (tertiary/aromatic N) is 1. The first-order chi connectivity index (χ1) is 8.29. The van der Waals surface area contributed by atoms with E-state index in [2.05, 4.69) is 10.1 Å². The maximum atomic E-state index is 12.2. The second kappa shape index (κ2) is 7.97. The molecule has 0 saturated heterocycles. The van der Waals surface area contributed by atoms with Crippen LogP contribution in [0.4, 0.5) is 8.78 Å². The number of rotatable bonds is 7. The average Bonchev–Trinajstić information content (AvgIpc) is 2.24. The number of methoxy groups -OCH3 is 1. The van der Waals surface area contributed by atoms with Crippen molar-refractivity contribution in [2.75, 3.05) is 27.3 Å². The number of amides is 2. The van der Waals surface area contributed by atoms with Crippen molar-refractivity contribution >= 4 is 11.8 Å². The third kappa shape index (κ3) is 5.90. The van der Waals surface area contributed by atoms with Gasteiger partial charge in [-0.3, -0.25) is 9.59 Å². The summed E-state index contributed by atoms with van der Waals surface area (Å²) in [5, 5.41) is 2.47. The molecule has 0 aliphatic rings. The molecule has 1 atom stereocenters. The number of carbonyl (C=O) groups is 2. The van der Waals surface area contributed by atoms with Gasteiger partial charge in [0, 0.05) is 14.2 Å². The minimum atomic E-state index is -2.60. The second-order valence-corrected chi connectivity index (χ2v) is 4.33. The van der Waals surface area contributed by atoms with E-state index in [-0.39, 0.29) is 12.5 Å². The first kappa shape index (κ1) is 16.8. The molecule has 7 heteroatoms. The Kier molecular flexibility index (Phi) is 7.42. The quantitative estimate of drug-likeness (QED) is 0.730. The number of alkyl halides is 2. The number of nitrogens with one attached hydrogen (secondary N) is 1. The van der Waals surface area contributed by atoms with Crippen LogP contribution in [0.1, 0.15) is 13.8 Å². The molecule has 106 valence electrons. The molecule has 0 radical (unpaired) electrons. The molecule has 0 fully saturated rings. The molecule has 0 aliphatic heterocycles. The fourth-order valence-corrected chi connectivity index (χ4v) is 1.39. The molecule has 0 aromatic carbocycles. The van der Waals surface area contributed by atoms with E-state index >= 15 is 0 Å². The molecule has 0 rings (SSSR count). The molecular formula is C11H20F2N2O3. The number of carbonyl (C=O) groups excluding carboxylic acids is 2. The van der Waals surface area contributed by atoms with Crippen molar-refractivity contribution in [3.63, 3.8) is 0 Å². The van der Waals surface area contributed by atoms with Crippen LogP contribution in [0.25, 0.3) is 0 Å². The summed E-state index contributed by atoms with van der Waals surface area (Å²) in [6.07, 6.45) is -2.60. The summed E-state index contributed by atoms with van der Waals surface area (Å²) in [6, 6.07) is -0.823. The molecule has 0 aromatic heterocycles. The molecular weight excluding hydrogens is 246 g/mol. The number of ether oxygens (including phenoxy) is 1. The van der Waals surface area contributed by atoms with E-state index in [9.17, 15) is 18.4 Å². The third-order valence-electron chi connectivity index (χ3n) is 2.31. The van der Waals surface area contributed by atoms with Crippen LogP contribution in [0.5, 0.6) is 0 Å². The van der Waals surface area contributed by atoms with Crippen molar-refractivity contribution in [1.29, 1.82) is 0 Å². The van der Waals surface area contributed by atoms with Gasteiger partial charge in [-0.1, -0.05) is 13.8 Å². The van der Waals surface area contributed by atoms with E-state index in [0.717, 1.165) is 4.90 Å². The number of halogens is 2. The van der Waals surface area contributed by atoms with Crippen LogP contribution < -0.4 is 5.32 Å². The Hall–Kier alpha value is -1.24. The molecule has 0 spiro atoms. The zero-order chi connectivity index (χ0) is 14.3. The van der Waals surface area contributed by atoms with E-state index < -0.39 is 30.8 Å². The highest BCUT2D eigenvalue weighted by molar-refractivity contribution is 5.88. The van der Waals surface area contributed by atoms with Crippen LogP contribution in [0.2, 0.25) is 0 Å². The van der Waals surface area contributed by atoms with Gasteiger partial charge in [-0.05, 0) is 5.92 Å². The third-order valence-corrected chi connectivity index (χ3v) is 2.31. The van der Waals surface area contributed by atoms with Crippen LogP contribution in [0, 0.1) is 5.92 Å². The first-order valence-electron chi connectivity index (χ1n) is 5.61. The van der Waals surface area contributed by atoms with Crippen LogP contribution >= 0.6 is 0 Å². The zero-order valence-electron chi connectivity index (χ0n) is 11.1. The summed E-state index contributed by atoms with van der Waals surface area (Å²) < 4.78 is 29.0. The maximum absolute atomic E-state index is 12.2. The Morgan fingerprint density at radius 1 is 1.33 bits per heavy atom. The normalized spacial score (nSPS) is 12.7. The zero-order valence-corrected chi connectivity index (χ0v) is 11.1. The van der Waals surface area contributed by atoms with Crippen molar-refractivity contribution < 1.29 is 23.1 Å². The lowest BCUT2D eigenvalue weighted by Gasteiger charge is -2.26. The predicted molar refractivity (Wildman–Crippen MR) is 62.3 cm³/mol. The lowest BCUT2D eigenvalue weighted by atomic mass is 10.0. The minimum absolute atomic E-state index is 0.172. The summed E-state index contributed by atoms with van der Waals surface area (Å²) in [4.78, 5) is 24.2. The number of likely N-dealkylation sites (N-methyl/N-ethyl adjacent to an activating group) is 1.